The van der Waals surface area contributed by atoms with Crippen LogP contribution in [0.5, 0.6) is 0 Å². The highest BCUT2D eigenvalue weighted by Gasteiger charge is 2.31. The van der Waals surface area contributed by atoms with Gasteiger partial charge in [0.1, 0.15) is 22.8 Å². The molecule has 7 heteroatoms. The zero-order valence-corrected chi connectivity index (χ0v) is 22.2. The number of furan rings is 1. The molecule has 2 aromatic heterocycles. The van der Waals surface area contributed by atoms with Gasteiger partial charge in [-0.25, -0.2) is 9.37 Å². The largest absolute Gasteiger partial charge is 0.461 e. The minimum atomic E-state index is -1.19. The number of benzene rings is 2. The van der Waals surface area contributed by atoms with Crippen LogP contribution in [0.2, 0.25) is 0 Å². The fourth-order valence-electron chi connectivity index (χ4n) is 4.87. The van der Waals surface area contributed by atoms with E-state index in [1.165, 1.54) is 0 Å². The van der Waals surface area contributed by atoms with Crippen LogP contribution >= 0.6 is 0 Å². The molecule has 0 saturated carbocycles. The van der Waals surface area contributed by atoms with E-state index in [0.29, 0.717) is 50.2 Å². The third kappa shape index (κ3) is 6.25. The van der Waals surface area contributed by atoms with Gasteiger partial charge in [0.25, 0.3) is 5.91 Å². The van der Waals surface area contributed by atoms with Gasteiger partial charge in [-0.15, -0.1) is 0 Å². The third-order valence-corrected chi connectivity index (χ3v) is 7.30. The van der Waals surface area contributed by atoms with Gasteiger partial charge in [-0.05, 0) is 104 Å². The molecule has 39 heavy (non-hydrogen) atoms. The summed E-state index contributed by atoms with van der Waals surface area (Å²) in [4.78, 5) is 31.0. The van der Waals surface area contributed by atoms with Crippen molar-refractivity contribution in [3.63, 3.8) is 0 Å². The van der Waals surface area contributed by atoms with Crippen LogP contribution in [0.4, 0.5) is 10.2 Å². The van der Waals surface area contributed by atoms with Crippen molar-refractivity contribution < 1.29 is 18.4 Å². The van der Waals surface area contributed by atoms with Crippen LogP contribution in [0.25, 0.3) is 28.2 Å². The summed E-state index contributed by atoms with van der Waals surface area (Å²) >= 11 is 0. The number of aryl methyl sites for hydroxylation is 2. The third-order valence-electron chi connectivity index (χ3n) is 7.30. The molecule has 0 unspecified atom stereocenters. The number of nitrogen functional groups attached to an aromatic ring is 1. The number of carbonyl (C=O) groups is 2. The Morgan fingerprint density at radius 1 is 1.08 bits per heavy atom. The summed E-state index contributed by atoms with van der Waals surface area (Å²) in [6, 6.07) is 17.2. The number of alkyl halides is 1. The number of hydrogen-bond donors (Lipinski definition) is 1. The van der Waals surface area contributed by atoms with E-state index in [-0.39, 0.29) is 11.7 Å². The first-order valence-electron chi connectivity index (χ1n) is 13.2. The second-order valence-corrected chi connectivity index (χ2v) is 10.5. The normalized spacial score (nSPS) is 15.2. The molecular weight excluding hydrogens is 493 g/mol. The molecule has 1 aliphatic rings. The zero-order chi connectivity index (χ0) is 27.6. The molecule has 0 bridgehead atoms. The Morgan fingerprint density at radius 2 is 1.82 bits per heavy atom. The molecule has 4 aromatic rings. The number of rotatable bonds is 7. The number of hydrogen-bond acceptors (Lipinski definition) is 5. The van der Waals surface area contributed by atoms with Crippen LogP contribution in [0.1, 0.15) is 53.4 Å². The number of piperidine rings is 1. The number of halogens is 1. The summed E-state index contributed by atoms with van der Waals surface area (Å²) < 4.78 is 20.2. The molecule has 0 atom stereocenters. The molecule has 1 aliphatic heterocycles. The van der Waals surface area contributed by atoms with Crippen LogP contribution in [0, 0.1) is 6.92 Å². The number of ketones is 1. The predicted octanol–water partition coefficient (Wildman–Crippen LogP) is 6.56. The Kier molecular flexibility index (Phi) is 7.33. The second kappa shape index (κ2) is 10.8. The molecule has 3 heterocycles. The lowest BCUT2D eigenvalue weighted by molar-refractivity contribution is -0.114. The summed E-state index contributed by atoms with van der Waals surface area (Å²) in [6.45, 7) is 4.48. The first-order chi connectivity index (χ1) is 18.7. The van der Waals surface area contributed by atoms with E-state index in [0.717, 1.165) is 39.0 Å². The predicted molar refractivity (Wildman–Crippen MR) is 152 cm³/mol. The van der Waals surface area contributed by atoms with Gasteiger partial charge in [-0.2, -0.15) is 0 Å². The summed E-state index contributed by atoms with van der Waals surface area (Å²) in [5, 5.41) is 0.971. The van der Waals surface area contributed by atoms with Crippen molar-refractivity contribution in [2.24, 2.45) is 0 Å². The number of allylic oxidation sites excluding steroid dienone is 1. The number of likely N-dealkylation sites (tertiary alicyclic amines) is 1. The van der Waals surface area contributed by atoms with E-state index in [9.17, 15) is 14.0 Å². The molecule has 6 nitrogen and oxygen atoms in total. The highest BCUT2D eigenvalue weighted by molar-refractivity contribution is 5.95. The topological polar surface area (TPSA) is 89.4 Å². The number of fused-ring (bicyclic) bond motifs is 1. The molecule has 0 spiro atoms. The van der Waals surface area contributed by atoms with Crippen molar-refractivity contribution in [2.45, 2.75) is 45.2 Å². The summed E-state index contributed by atoms with van der Waals surface area (Å²) in [6.07, 6.45) is 6.49. The first kappa shape index (κ1) is 26.4. The summed E-state index contributed by atoms with van der Waals surface area (Å²) in [5.74, 6) is 1.14. The van der Waals surface area contributed by atoms with Gasteiger partial charge in [0.2, 0.25) is 0 Å². The highest BCUT2D eigenvalue weighted by Crippen LogP contribution is 2.31. The smallest absolute Gasteiger partial charge is 0.253 e. The number of carbonyl (C=O) groups excluding carboxylic acids is 2. The SMILES string of the molecule is Cc1cc(-c2ccc(C(=O)N3CCC(C)(F)CC3)cc2)cc2cc(CCC(=O)/C=C/c3ccc(N)nc3)oc12. The van der Waals surface area contributed by atoms with Gasteiger partial charge in [-0.1, -0.05) is 12.1 Å². The summed E-state index contributed by atoms with van der Waals surface area (Å²) in [5.41, 5.74) is 9.65. The average molecular weight is 526 g/mol. The standard InChI is InChI=1S/C32H32FN3O3/c1-21-17-25(23-5-7-24(8-6-23)31(38)36-15-13-32(2,33)14-16-36)18-26-19-28(39-30(21)26)11-10-27(37)9-3-22-4-12-29(34)35-20-22/h3-9,12,17-20H,10-11,13-16H2,1-2H3,(H2,34,35)/b9-3+. The highest BCUT2D eigenvalue weighted by atomic mass is 19.1. The molecule has 1 saturated heterocycles. The fourth-order valence-corrected chi connectivity index (χ4v) is 4.87. The molecule has 0 aliphatic carbocycles. The van der Waals surface area contributed by atoms with Crippen molar-refractivity contribution in [2.75, 3.05) is 18.8 Å². The van der Waals surface area contributed by atoms with Crippen LogP contribution < -0.4 is 5.73 Å². The summed E-state index contributed by atoms with van der Waals surface area (Å²) in [7, 11) is 0. The molecule has 2 aromatic carbocycles. The van der Waals surface area contributed by atoms with Crippen molar-refractivity contribution >= 4 is 34.6 Å². The Bertz CT molecular complexity index is 1530. The quantitative estimate of drug-likeness (QED) is 0.276. The minimum Gasteiger partial charge on any atom is -0.461 e. The Balaban J connectivity index is 1.24. The number of amides is 1. The fraction of sp³-hybridized carbons (Fsp3) is 0.281. The zero-order valence-electron chi connectivity index (χ0n) is 22.2. The molecule has 0 radical (unpaired) electrons. The van der Waals surface area contributed by atoms with Gasteiger partial charge in [0.15, 0.2) is 5.78 Å². The number of anilines is 1. The maximum Gasteiger partial charge on any atom is 0.253 e. The maximum absolute atomic E-state index is 14.1. The van der Waals surface area contributed by atoms with E-state index >= 15 is 0 Å². The molecule has 5 rings (SSSR count). The van der Waals surface area contributed by atoms with E-state index in [1.807, 2.05) is 43.3 Å². The number of pyridine rings is 1. The lowest BCUT2D eigenvalue weighted by Gasteiger charge is -2.34. The van der Waals surface area contributed by atoms with Gasteiger partial charge in [-0.3, -0.25) is 9.59 Å². The number of nitrogens with zero attached hydrogens (tertiary/aromatic N) is 2. The van der Waals surface area contributed by atoms with Gasteiger partial charge >= 0.3 is 0 Å². The van der Waals surface area contributed by atoms with Gasteiger partial charge < -0.3 is 15.1 Å². The van der Waals surface area contributed by atoms with E-state index in [4.69, 9.17) is 10.2 Å². The Morgan fingerprint density at radius 3 is 2.51 bits per heavy atom. The minimum absolute atomic E-state index is 0.00240. The number of aromatic nitrogens is 1. The van der Waals surface area contributed by atoms with Crippen LogP contribution in [-0.4, -0.2) is 40.3 Å². The second-order valence-electron chi connectivity index (χ2n) is 10.5. The first-order valence-corrected chi connectivity index (χ1v) is 13.2. The average Bonchev–Trinajstić information content (AvgIpc) is 3.35. The Labute approximate surface area is 227 Å². The van der Waals surface area contributed by atoms with Crippen molar-refractivity contribution in [3.05, 3.63) is 89.3 Å². The van der Waals surface area contributed by atoms with Crippen LogP contribution in [-0.2, 0) is 11.2 Å². The van der Waals surface area contributed by atoms with Gasteiger partial charge in [0, 0.05) is 43.1 Å². The maximum atomic E-state index is 14.1. The molecule has 200 valence electrons. The number of nitrogens with two attached hydrogens (primary N) is 1. The lowest BCUT2D eigenvalue weighted by atomic mass is 9.95. The Hall–Kier alpha value is -4.26. The van der Waals surface area contributed by atoms with Crippen molar-refractivity contribution in [3.8, 4) is 11.1 Å². The van der Waals surface area contributed by atoms with Gasteiger partial charge in [0.05, 0.1) is 0 Å². The van der Waals surface area contributed by atoms with Crippen LogP contribution in [0.3, 0.4) is 0 Å². The lowest BCUT2D eigenvalue weighted by Crippen LogP contribution is -2.43. The van der Waals surface area contributed by atoms with Crippen molar-refractivity contribution in [1.29, 1.82) is 0 Å². The van der Waals surface area contributed by atoms with Crippen LogP contribution in [0.15, 0.2) is 71.3 Å². The molecule has 1 amide bonds. The van der Waals surface area contributed by atoms with Crippen molar-refractivity contribution in [1.82, 2.24) is 9.88 Å². The monoisotopic (exact) mass is 525 g/mol. The van der Waals surface area contributed by atoms with E-state index in [2.05, 4.69) is 17.1 Å². The van der Waals surface area contributed by atoms with E-state index < -0.39 is 5.67 Å². The molecular formula is C32H32FN3O3. The molecule has 2 N–H and O–H groups in total. The van der Waals surface area contributed by atoms with E-state index in [1.54, 1.807) is 36.2 Å². The molecule has 1 fully saturated rings.